The van der Waals surface area contributed by atoms with Crippen LogP contribution in [0.2, 0.25) is 5.02 Å². The first-order valence-electron chi connectivity index (χ1n) is 15.6. The third-order valence-electron chi connectivity index (χ3n) is 8.03. The number of pyridine rings is 2. The number of hydrogen-bond acceptors (Lipinski definition) is 9. The Morgan fingerprint density at radius 1 is 0.980 bits per heavy atom. The summed E-state index contributed by atoms with van der Waals surface area (Å²) in [7, 11) is -2.48. The summed E-state index contributed by atoms with van der Waals surface area (Å²) in [4.78, 5) is 19.4. The molecular weight excluding hydrogens is 684 g/mol. The van der Waals surface area contributed by atoms with Crippen LogP contribution in [-0.4, -0.2) is 36.8 Å². The molecule has 6 aromatic rings. The summed E-state index contributed by atoms with van der Waals surface area (Å²) < 4.78 is 48.2. The molecule has 0 spiro atoms. The van der Waals surface area contributed by atoms with E-state index in [2.05, 4.69) is 9.88 Å². The lowest BCUT2D eigenvalue weighted by Crippen LogP contribution is -2.21. The number of halogens is 1. The van der Waals surface area contributed by atoms with Crippen molar-refractivity contribution < 1.29 is 22.4 Å². The Kier molecular flexibility index (Phi) is 9.56. The third kappa shape index (κ3) is 6.81. The first-order valence-corrected chi connectivity index (χ1v) is 18.2. The van der Waals surface area contributed by atoms with Crippen molar-refractivity contribution >= 4 is 49.7 Å². The molecule has 0 aliphatic rings. The molecule has 0 saturated carbocycles. The van der Waals surface area contributed by atoms with E-state index in [9.17, 15) is 13.2 Å². The number of rotatable bonds is 11. The highest BCUT2D eigenvalue weighted by atomic mass is 35.5. The first-order chi connectivity index (χ1) is 23.4. The van der Waals surface area contributed by atoms with Crippen molar-refractivity contribution in [3.8, 4) is 33.8 Å². The van der Waals surface area contributed by atoms with Gasteiger partial charge in [-0.25, -0.2) is 8.42 Å². The average molecular weight is 719 g/mol. The maximum Gasteiger partial charge on any atom is 0.273 e. The number of nitrogens with zero attached hydrogens (tertiary/aromatic N) is 3. The van der Waals surface area contributed by atoms with Crippen molar-refractivity contribution in [1.29, 1.82) is 0 Å². The summed E-state index contributed by atoms with van der Waals surface area (Å²) in [5.74, 6) is 1.46. The van der Waals surface area contributed by atoms with E-state index >= 15 is 0 Å². The summed E-state index contributed by atoms with van der Waals surface area (Å²) in [6.45, 7) is 9.96. The minimum Gasteiger partial charge on any atom is -0.497 e. The van der Waals surface area contributed by atoms with E-state index < -0.39 is 10.0 Å². The fraction of sp³-hybridized carbons (Fsp3) is 0.250. The quantitative estimate of drug-likeness (QED) is 0.142. The Balaban J connectivity index is 1.44. The normalized spacial score (nSPS) is 11.7. The van der Waals surface area contributed by atoms with Gasteiger partial charge in [0.1, 0.15) is 20.7 Å². The van der Waals surface area contributed by atoms with Crippen LogP contribution in [0.3, 0.4) is 0 Å². The molecule has 0 bridgehead atoms. The van der Waals surface area contributed by atoms with Gasteiger partial charge in [-0.3, -0.25) is 14.5 Å². The van der Waals surface area contributed by atoms with Crippen molar-refractivity contribution in [2.24, 2.45) is 0 Å². The van der Waals surface area contributed by atoms with E-state index in [1.54, 1.807) is 24.7 Å². The lowest BCUT2D eigenvalue weighted by atomic mass is 9.99. The van der Waals surface area contributed by atoms with Crippen molar-refractivity contribution in [3.05, 3.63) is 104 Å². The SMILES string of the molecule is CCCOc1cc(Cn2c(=O)cc(-c3ccc(OC)cc3)c3c(C)nc(C)cc32)ccc1-c1cc(C)sc1S(=O)(=O)Nc1noc(C)c1Cl. The molecule has 0 unspecified atom stereocenters. The molecule has 0 amide bonds. The van der Waals surface area contributed by atoms with E-state index in [4.69, 9.17) is 30.6 Å². The van der Waals surface area contributed by atoms with Gasteiger partial charge in [-0.2, -0.15) is 0 Å². The molecule has 4 heterocycles. The zero-order valence-corrected chi connectivity index (χ0v) is 30.3. The second kappa shape index (κ2) is 13.7. The van der Waals surface area contributed by atoms with E-state index in [0.29, 0.717) is 29.2 Å². The van der Waals surface area contributed by atoms with Gasteiger partial charge < -0.3 is 18.6 Å². The van der Waals surface area contributed by atoms with E-state index in [-0.39, 0.29) is 27.2 Å². The Bertz CT molecular complexity index is 2360. The fourth-order valence-corrected chi connectivity index (χ4v) is 8.61. The minimum absolute atomic E-state index is 0.0784. The number of hydrogen-bond donors (Lipinski definition) is 1. The Hall–Kier alpha value is -4.65. The molecule has 0 aliphatic carbocycles. The molecule has 2 aromatic carbocycles. The molecule has 0 atom stereocenters. The van der Waals surface area contributed by atoms with Crippen LogP contribution in [-0.2, 0) is 16.6 Å². The van der Waals surface area contributed by atoms with Crippen LogP contribution in [0.5, 0.6) is 11.5 Å². The monoisotopic (exact) mass is 718 g/mol. The zero-order valence-electron chi connectivity index (χ0n) is 27.9. The number of aromatic nitrogens is 3. The molecule has 6 rings (SSSR count). The molecule has 49 heavy (non-hydrogen) atoms. The summed E-state index contributed by atoms with van der Waals surface area (Å²) in [5, 5.41) is 4.74. The number of methoxy groups -OCH3 is 1. The van der Waals surface area contributed by atoms with Gasteiger partial charge in [0.15, 0.2) is 5.76 Å². The van der Waals surface area contributed by atoms with Crippen LogP contribution in [0.4, 0.5) is 5.82 Å². The van der Waals surface area contributed by atoms with Gasteiger partial charge >= 0.3 is 0 Å². The molecule has 0 saturated heterocycles. The van der Waals surface area contributed by atoms with Crippen LogP contribution >= 0.6 is 22.9 Å². The number of ether oxygens (including phenoxy) is 2. The highest BCUT2D eigenvalue weighted by Crippen LogP contribution is 2.41. The van der Waals surface area contributed by atoms with E-state index in [0.717, 1.165) is 67.4 Å². The van der Waals surface area contributed by atoms with E-state index in [1.165, 1.54) is 0 Å². The first kappa shape index (κ1) is 34.2. The molecule has 254 valence electrons. The summed E-state index contributed by atoms with van der Waals surface area (Å²) in [5.41, 5.74) is 5.77. The van der Waals surface area contributed by atoms with E-state index in [1.807, 2.05) is 82.3 Å². The van der Waals surface area contributed by atoms with Gasteiger partial charge in [0.25, 0.3) is 15.6 Å². The van der Waals surface area contributed by atoms with Crippen molar-refractivity contribution in [2.75, 3.05) is 18.4 Å². The van der Waals surface area contributed by atoms with Gasteiger partial charge in [-0.1, -0.05) is 47.9 Å². The van der Waals surface area contributed by atoms with Gasteiger partial charge in [-0.05, 0) is 81.1 Å². The predicted octanol–water partition coefficient (Wildman–Crippen LogP) is 8.31. The smallest absolute Gasteiger partial charge is 0.273 e. The summed E-state index contributed by atoms with van der Waals surface area (Å²) in [6, 6.07) is 18.6. The van der Waals surface area contributed by atoms with Crippen molar-refractivity contribution in [1.82, 2.24) is 14.7 Å². The second-order valence-corrected chi connectivity index (χ2v) is 15.2. The van der Waals surface area contributed by atoms with Gasteiger partial charge in [0, 0.05) is 38.8 Å². The average Bonchev–Trinajstić information content (AvgIpc) is 3.62. The molecule has 10 nitrogen and oxygen atoms in total. The minimum atomic E-state index is -4.10. The van der Waals surface area contributed by atoms with Crippen molar-refractivity contribution in [3.63, 3.8) is 0 Å². The van der Waals surface area contributed by atoms with Gasteiger partial charge in [0.2, 0.25) is 5.82 Å². The van der Waals surface area contributed by atoms with Crippen LogP contribution in [0.15, 0.2) is 74.2 Å². The molecule has 1 N–H and O–H groups in total. The molecular formula is C36H35ClN4O6S2. The van der Waals surface area contributed by atoms with Crippen LogP contribution < -0.4 is 19.8 Å². The lowest BCUT2D eigenvalue weighted by molar-refractivity contribution is 0.318. The molecule has 0 fully saturated rings. The molecule has 4 aromatic heterocycles. The molecule has 0 radical (unpaired) electrons. The number of sulfonamides is 1. The number of thiophene rings is 1. The topological polar surface area (TPSA) is 126 Å². The zero-order chi connectivity index (χ0) is 35.0. The fourth-order valence-electron chi connectivity index (χ4n) is 5.79. The summed E-state index contributed by atoms with van der Waals surface area (Å²) in [6.07, 6.45) is 0.742. The summed E-state index contributed by atoms with van der Waals surface area (Å²) >= 11 is 7.34. The maximum absolute atomic E-state index is 13.8. The lowest BCUT2D eigenvalue weighted by Gasteiger charge is -2.18. The highest BCUT2D eigenvalue weighted by Gasteiger charge is 2.27. The number of nitrogens with one attached hydrogen (secondary N) is 1. The predicted molar refractivity (Wildman–Crippen MR) is 194 cm³/mol. The Morgan fingerprint density at radius 3 is 2.41 bits per heavy atom. The Morgan fingerprint density at radius 2 is 1.73 bits per heavy atom. The third-order valence-corrected chi connectivity index (χ3v) is 11.4. The number of anilines is 1. The van der Waals surface area contributed by atoms with Gasteiger partial charge in [0.05, 0.1) is 25.8 Å². The number of fused-ring (bicyclic) bond motifs is 1. The molecule has 13 heteroatoms. The number of benzene rings is 2. The maximum atomic E-state index is 13.8. The van der Waals surface area contributed by atoms with Crippen molar-refractivity contribution in [2.45, 2.75) is 51.8 Å². The Labute approximate surface area is 293 Å². The van der Waals surface area contributed by atoms with Crippen LogP contribution in [0.25, 0.3) is 33.2 Å². The second-order valence-electron chi connectivity index (χ2n) is 11.7. The van der Waals surface area contributed by atoms with Crippen LogP contribution in [0.1, 0.15) is 40.9 Å². The van der Waals surface area contributed by atoms with Crippen LogP contribution in [0, 0.1) is 27.7 Å². The number of aryl methyl sites for hydroxylation is 4. The van der Waals surface area contributed by atoms with Gasteiger partial charge in [-0.15, -0.1) is 11.3 Å². The molecule has 0 aliphatic heterocycles. The highest BCUT2D eigenvalue weighted by molar-refractivity contribution is 7.94. The standard InChI is InChI=1S/C36H35ClN4O6S2/c1-7-14-46-31-17-24(8-13-27(31)29-16-21(3)48-36(29)49(43,44)40-35-34(37)23(5)47-39-35)19-41-30-15-20(2)38-22(4)33(30)28(18-32(41)42)25-9-11-26(45-6)12-10-25/h8-13,15-18H,7,14,19H2,1-6H3,(H,39,40). The largest absolute Gasteiger partial charge is 0.497 e.